The summed E-state index contributed by atoms with van der Waals surface area (Å²) < 4.78 is 39.8. The molecule has 1 aromatic heterocycles. The van der Waals surface area contributed by atoms with Gasteiger partial charge >= 0.3 is 0 Å². The van der Waals surface area contributed by atoms with Crippen molar-refractivity contribution >= 4 is 16.0 Å². The van der Waals surface area contributed by atoms with Crippen molar-refractivity contribution in [3.8, 4) is 0 Å². The van der Waals surface area contributed by atoms with Crippen LogP contribution >= 0.6 is 0 Å². The van der Waals surface area contributed by atoms with Gasteiger partial charge in [0.15, 0.2) is 5.96 Å². The van der Waals surface area contributed by atoms with Crippen LogP contribution in [0.4, 0.5) is 4.39 Å². The molecule has 0 bridgehead atoms. The Morgan fingerprint density at radius 2 is 1.96 bits per heavy atom. The summed E-state index contributed by atoms with van der Waals surface area (Å²) in [5, 5.41) is 6.19. The molecule has 1 heterocycles. The molecule has 0 aliphatic heterocycles. The van der Waals surface area contributed by atoms with E-state index in [2.05, 4.69) is 25.3 Å². The van der Waals surface area contributed by atoms with Gasteiger partial charge < -0.3 is 10.6 Å². The second kappa shape index (κ2) is 9.98. The van der Waals surface area contributed by atoms with Gasteiger partial charge in [0.1, 0.15) is 10.7 Å². The highest BCUT2D eigenvalue weighted by Crippen LogP contribution is 2.10. The number of hydrogen-bond acceptors (Lipinski definition) is 4. The van der Waals surface area contributed by atoms with Crippen LogP contribution in [0.25, 0.3) is 0 Å². The monoisotopic (exact) mass is 393 g/mol. The molecule has 1 aromatic carbocycles. The Morgan fingerprint density at radius 3 is 2.63 bits per heavy atom. The van der Waals surface area contributed by atoms with Crippen LogP contribution in [0.5, 0.6) is 0 Å². The van der Waals surface area contributed by atoms with Crippen LogP contribution in [0, 0.1) is 12.7 Å². The third kappa shape index (κ3) is 6.61. The molecule has 0 aliphatic carbocycles. The van der Waals surface area contributed by atoms with Gasteiger partial charge in [-0.1, -0.05) is 6.07 Å². The fourth-order valence-corrected chi connectivity index (χ4v) is 3.43. The smallest absolute Gasteiger partial charge is 0.242 e. The standard InChI is InChI=1S/C18H24FN5O2S/c1-14-12-16(19)6-5-15(14)7-9-22-18(20-2)23-10-11-24-27(25,26)17-4-3-8-21-13-17/h3-6,8,12-13,24H,7,9-11H2,1-2H3,(H2,20,22,23). The zero-order chi connectivity index (χ0) is 19.7. The highest BCUT2D eigenvalue weighted by molar-refractivity contribution is 7.89. The number of nitrogens with one attached hydrogen (secondary N) is 3. The van der Waals surface area contributed by atoms with Crippen LogP contribution in [0.1, 0.15) is 11.1 Å². The van der Waals surface area contributed by atoms with E-state index in [9.17, 15) is 12.8 Å². The number of aryl methyl sites for hydroxylation is 1. The molecule has 0 spiro atoms. The van der Waals surface area contributed by atoms with Crippen molar-refractivity contribution in [2.24, 2.45) is 4.99 Å². The number of rotatable bonds is 8. The van der Waals surface area contributed by atoms with Gasteiger partial charge in [-0.05, 0) is 48.7 Å². The largest absolute Gasteiger partial charge is 0.356 e. The molecule has 0 aliphatic rings. The highest BCUT2D eigenvalue weighted by atomic mass is 32.2. The quantitative estimate of drug-likeness (QED) is 0.356. The molecule has 0 atom stereocenters. The maximum absolute atomic E-state index is 13.1. The molecule has 0 saturated carbocycles. The van der Waals surface area contributed by atoms with E-state index >= 15 is 0 Å². The van der Waals surface area contributed by atoms with Gasteiger partial charge in [0.25, 0.3) is 0 Å². The van der Waals surface area contributed by atoms with Gasteiger partial charge in [-0.15, -0.1) is 0 Å². The topological polar surface area (TPSA) is 95.5 Å². The Bertz CT molecular complexity index is 873. The van der Waals surface area contributed by atoms with Gasteiger partial charge in [-0.25, -0.2) is 17.5 Å². The minimum absolute atomic E-state index is 0.127. The average molecular weight is 393 g/mol. The highest BCUT2D eigenvalue weighted by Gasteiger charge is 2.12. The normalized spacial score (nSPS) is 12.0. The number of halogens is 1. The van der Waals surface area contributed by atoms with Crippen LogP contribution in [0.15, 0.2) is 52.6 Å². The molecule has 0 fully saturated rings. The van der Waals surface area contributed by atoms with Crippen LogP contribution in [0.2, 0.25) is 0 Å². The Morgan fingerprint density at radius 1 is 1.19 bits per heavy atom. The Kier molecular flexibility index (Phi) is 7.68. The van der Waals surface area contributed by atoms with Crippen molar-refractivity contribution in [3.05, 3.63) is 59.7 Å². The zero-order valence-corrected chi connectivity index (χ0v) is 16.2. The number of guanidine groups is 1. The Balaban J connectivity index is 1.73. The van der Waals surface area contributed by atoms with Crippen LogP contribution in [0.3, 0.4) is 0 Å². The molecule has 2 rings (SSSR count). The number of aliphatic imine (C=N–C) groups is 1. The molecule has 27 heavy (non-hydrogen) atoms. The number of aromatic nitrogens is 1. The SMILES string of the molecule is CN=C(NCCNS(=O)(=O)c1cccnc1)NCCc1ccc(F)cc1C. The van der Waals surface area contributed by atoms with Crippen LogP contribution < -0.4 is 15.4 Å². The Labute approximate surface area is 159 Å². The van der Waals surface area contributed by atoms with Crippen molar-refractivity contribution < 1.29 is 12.8 Å². The summed E-state index contributed by atoms with van der Waals surface area (Å²) in [5.41, 5.74) is 1.97. The van der Waals surface area contributed by atoms with Crippen LogP contribution in [-0.2, 0) is 16.4 Å². The molecule has 0 saturated heterocycles. The molecule has 0 unspecified atom stereocenters. The first-order chi connectivity index (χ1) is 12.9. The first-order valence-corrected chi connectivity index (χ1v) is 10.00. The van der Waals surface area contributed by atoms with E-state index < -0.39 is 10.0 Å². The summed E-state index contributed by atoms with van der Waals surface area (Å²) in [6.45, 7) is 3.07. The molecule has 9 heteroatoms. The predicted molar refractivity (Wildman–Crippen MR) is 104 cm³/mol. The van der Waals surface area contributed by atoms with E-state index in [1.165, 1.54) is 30.6 Å². The third-order valence-corrected chi connectivity index (χ3v) is 5.32. The summed E-state index contributed by atoms with van der Waals surface area (Å²) in [4.78, 5) is 8.03. The molecule has 3 N–H and O–H groups in total. The van der Waals surface area contributed by atoms with Crippen molar-refractivity contribution in [2.45, 2.75) is 18.2 Å². The maximum Gasteiger partial charge on any atom is 0.242 e. The van der Waals surface area contributed by atoms with E-state index in [-0.39, 0.29) is 17.3 Å². The van der Waals surface area contributed by atoms with Gasteiger partial charge in [0.2, 0.25) is 10.0 Å². The van der Waals surface area contributed by atoms with Crippen LogP contribution in [-0.4, -0.2) is 46.0 Å². The van der Waals surface area contributed by atoms with E-state index in [0.717, 1.165) is 17.5 Å². The minimum Gasteiger partial charge on any atom is -0.356 e. The third-order valence-electron chi connectivity index (χ3n) is 3.87. The molecule has 7 nitrogen and oxygen atoms in total. The molecule has 0 radical (unpaired) electrons. The van der Waals surface area contributed by atoms with Gasteiger partial charge in [-0.3, -0.25) is 9.98 Å². The predicted octanol–water partition coefficient (Wildman–Crippen LogP) is 1.22. The lowest BCUT2D eigenvalue weighted by atomic mass is 10.1. The first-order valence-electron chi connectivity index (χ1n) is 8.51. The maximum atomic E-state index is 13.1. The summed E-state index contributed by atoms with van der Waals surface area (Å²) >= 11 is 0. The van der Waals surface area contributed by atoms with E-state index in [4.69, 9.17) is 0 Å². The minimum atomic E-state index is -3.57. The van der Waals surface area contributed by atoms with E-state index in [1.807, 2.05) is 6.92 Å². The summed E-state index contributed by atoms with van der Waals surface area (Å²) in [6, 6.07) is 7.79. The lowest BCUT2D eigenvalue weighted by Crippen LogP contribution is -2.42. The van der Waals surface area contributed by atoms with Gasteiger partial charge in [0.05, 0.1) is 0 Å². The number of benzene rings is 1. The summed E-state index contributed by atoms with van der Waals surface area (Å²) in [5.74, 6) is 0.325. The molecule has 2 aromatic rings. The van der Waals surface area contributed by atoms with Crippen molar-refractivity contribution in [2.75, 3.05) is 26.7 Å². The summed E-state index contributed by atoms with van der Waals surface area (Å²) in [7, 11) is -1.93. The molecule has 146 valence electrons. The van der Waals surface area contributed by atoms with Gasteiger partial charge in [-0.2, -0.15) is 0 Å². The molecular weight excluding hydrogens is 369 g/mol. The lowest BCUT2D eigenvalue weighted by Gasteiger charge is -2.13. The summed E-state index contributed by atoms with van der Waals surface area (Å²) in [6.07, 6.45) is 3.54. The van der Waals surface area contributed by atoms with Gasteiger partial charge in [0, 0.05) is 39.1 Å². The van der Waals surface area contributed by atoms with E-state index in [1.54, 1.807) is 19.2 Å². The molecule has 0 amide bonds. The second-order valence-corrected chi connectivity index (χ2v) is 7.60. The fraction of sp³-hybridized carbons (Fsp3) is 0.333. The van der Waals surface area contributed by atoms with Crippen molar-refractivity contribution in [1.82, 2.24) is 20.3 Å². The average Bonchev–Trinajstić information content (AvgIpc) is 2.66. The second-order valence-electron chi connectivity index (χ2n) is 5.83. The molecular formula is C18H24FN5O2S. The first kappa shape index (κ1) is 20.8. The number of sulfonamides is 1. The zero-order valence-electron chi connectivity index (χ0n) is 15.4. The Hall–Kier alpha value is -2.52. The van der Waals surface area contributed by atoms with Crippen molar-refractivity contribution in [3.63, 3.8) is 0 Å². The van der Waals surface area contributed by atoms with E-state index in [0.29, 0.717) is 19.0 Å². The number of pyridine rings is 1. The fourth-order valence-electron chi connectivity index (χ4n) is 2.43. The number of hydrogen-bond donors (Lipinski definition) is 3. The lowest BCUT2D eigenvalue weighted by molar-refractivity contribution is 0.580. The van der Waals surface area contributed by atoms with Crippen molar-refractivity contribution in [1.29, 1.82) is 0 Å². The number of nitrogens with zero attached hydrogens (tertiary/aromatic N) is 2.